The highest BCUT2D eigenvalue weighted by Gasteiger charge is 2.05. The van der Waals surface area contributed by atoms with Gasteiger partial charge in [0.05, 0.1) is 5.52 Å². The third kappa shape index (κ3) is 3.77. The molecular formula is C17H24N2. The lowest BCUT2D eigenvalue weighted by Gasteiger charge is -2.15. The van der Waals surface area contributed by atoms with E-state index >= 15 is 0 Å². The van der Waals surface area contributed by atoms with Gasteiger partial charge in [0.1, 0.15) is 0 Å². The van der Waals surface area contributed by atoms with Crippen molar-refractivity contribution in [3.8, 4) is 0 Å². The molecule has 0 amide bonds. The largest absolute Gasteiger partial charge is 0.314 e. The first kappa shape index (κ1) is 14.0. The van der Waals surface area contributed by atoms with Crippen molar-refractivity contribution in [2.45, 2.75) is 45.6 Å². The molecule has 0 spiro atoms. The van der Waals surface area contributed by atoms with Gasteiger partial charge in [-0.05, 0) is 49.9 Å². The molecule has 1 heterocycles. The predicted molar refractivity (Wildman–Crippen MR) is 82.4 cm³/mol. The molecule has 0 radical (unpaired) electrons. The Kier molecular flexibility index (Phi) is 5.34. The van der Waals surface area contributed by atoms with E-state index in [1.807, 2.05) is 6.20 Å². The molecular weight excluding hydrogens is 232 g/mol. The summed E-state index contributed by atoms with van der Waals surface area (Å²) in [4.78, 5) is 4.42. The summed E-state index contributed by atoms with van der Waals surface area (Å²) in [7, 11) is 0. The normalized spacial score (nSPS) is 12.7. The maximum absolute atomic E-state index is 4.42. The zero-order valence-electron chi connectivity index (χ0n) is 12.0. The highest BCUT2D eigenvalue weighted by atomic mass is 14.9. The van der Waals surface area contributed by atoms with Gasteiger partial charge in [-0.2, -0.15) is 0 Å². The molecule has 2 rings (SSSR count). The van der Waals surface area contributed by atoms with Crippen molar-refractivity contribution in [1.82, 2.24) is 10.3 Å². The van der Waals surface area contributed by atoms with Gasteiger partial charge in [-0.3, -0.25) is 4.98 Å². The van der Waals surface area contributed by atoms with Crippen molar-refractivity contribution in [1.29, 1.82) is 0 Å². The zero-order chi connectivity index (χ0) is 13.5. The molecule has 102 valence electrons. The molecule has 1 aromatic heterocycles. The van der Waals surface area contributed by atoms with Crippen molar-refractivity contribution in [3.05, 3.63) is 42.1 Å². The van der Waals surface area contributed by atoms with Gasteiger partial charge in [0.2, 0.25) is 0 Å². The molecule has 0 saturated carbocycles. The summed E-state index contributed by atoms with van der Waals surface area (Å²) in [5.41, 5.74) is 2.54. The third-order valence-electron chi connectivity index (χ3n) is 3.72. The molecule has 0 aliphatic carbocycles. The molecule has 0 saturated heterocycles. The fourth-order valence-electron chi connectivity index (χ4n) is 2.65. The Labute approximate surface area is 116 Å². The molecule has 2 aromatic rings. The van der Waals surface area contributed by atoms with Crippen molar-refractivity contribution in [2.75, 3.05) is 6.54 Å². The maximum atomic E-state index is 4.42. The number of aryl methyl sites for hydroxylation is 1. The Balaban J connectivity index is 1.98. The summed E-state index contributed by atoms with van der Waals surface area (Å²) < 4.78 is 0. The summed E-state index contributed by atoms with van der Waals surface area (Å²) in [5, 5.41) is 4.85. The van der Waals surface area contributed by atoms with Crippen molar-refractivity contribution in [2.24, 2.45) is 0 Å². The number of rotatable bonds is 7. The monoisotopic (exact) mass is 256 g/mol. The van der Waals surface area contributed by atoms with Gasteiger partial charge in [-0.1, -0.05) is 32.0 Å². The van der Waals surface area contributed by atoms with E-state index in [0.717, 1.165) is 18.5 Å². The Hall–Kier alpha value is -1.41. The van der Waals surface area contributed by atoms with Crippen molar-refractivity contribution < 1.29 is 0 Å². The van der Waals surface area contributed by atoms with Crippen LogP contribution in [-0.2, 0) is 6.42 Å². The molecule has 2 nitrogen and oxygen atoms in total. The number of nitrogens with one attached hydrogen (secondary N) is 1. The Morgan fingerprint density at radius 3 is 2.79 bits per heavy atom. The summed E-state index contributed by atoms with van der Waals surface area (Å²) in [6.45, 7) is 5.50. The second-order valence-corrected chi connectivity index (χ2v) is 5.04. The average molecular weight is 256 g/mol. The van der Waals surface area contributed by atoms with E-state index in [2.05, 4.69) is 54.5 Å². The lowest BCUT2D eigenvalue weighted by Crippen LogP contribution is -2.28. The van der Waals surface area contributed by atoms with Gasteiger partial charge in [0.25, 0.3) is 0 Å². The van der Waals surface area contributed by atoms with Crippen LogP contribution in [0.1, 0.15) is 38.7 Å². The maximum Gasteiger partial charge on any atom is 0.0704 e. The third-order valence-corrected chi connectivity index (χ3v) is 3.72. The zero-order valence-corrected chi connectivity index (χ0v) is 12.0. The van der Waals surface area contributed by atoms with E-state index in [1.165, 1.54) is 30.2 Å². The van der Waals surface area contributed by atoms with E-state index in [1.54, 1.807) is 0 Å². The number of fused-ring (bicyclic) bond motifs is 1. The molecule has 0 fully saturated rings. The first-order valence-corrected chi connectivity index (χ1v) is 7.41. The molecule has 0 bridgehead atoms. The van der Waals surface area contributed by atoms with E-state index in [0.29, 0.717) is 6.04 Å². The Morgan fingerprint density at radius 1 is 1.16 bits per heavy atom. The fraction of sp³-hybridized carbons (Fsp3) is 0.471. The Bertz CT molecular complexity index is 502. The van der Waals surface area contributed by atoms with Crippen LogP contribution in [0, 0.1) is 0 Å². The predicted octanol–water partition coefficient (Wildman–Crippen LogP) is 3.95. The van der Waals surface area contributed by atoms with Gasteiger partial charge in [-0.25, -0.2) is 0 Å². The number of pyridine rings is 1. The van der Waals surface area contributed by atoms with Crippen LogP contribution in [0.4, 0.5) is 0 Å². The van der Waals surface area contributed by atoms with Crippen molar-refractivity contribution in [3.63, 3.8) is 0 Å². The highest BCUT2D eigenvalue weighted by molar-refractivity contribution is 5.81. The highest BCUT2D eigenvalue weighted by Crippen LogP contribution is 2.18. The van der Waals surface area contributed by atoms with Crippen LogP contribution in [-0.4, -0.2) is 17.6 Å². The summed E-state index contributed by atoms with van der Waals surface area (Å²) in [5.74, 6) is 0. The van der Waals surface area contributed by atoms with Crippen LogP contribution in [0.25, 0.3) is 10.9 Å². The molecule has 1 aromatic carbocycles. The van der Waals surface area contributed by atoms with E-state index < -0.39 is 0 Å². The second-order valence-electron chi connectivity index (χ2n) is 5.04. The van der Waals surface area contributed by atoms with Crippen molar-refractivity contribution >= 4 is 10.9 Å². The number of para-hydroxylation sites is 1. The molecule has 19 heavy (non-hydrogen) atoms. The average Bonchev–Trinajstić information content (AvgIpc) is 2.46. The standard InChI is InChI=1S/C17H24N2/c1-3-15(18-4-2)9-7-8-14-12-13-19-17-11-6-5-10-16(14)17/h5-6,10-13,15,18H,3-4,7-9H2,1-2H3. The molecule has 2 heteroatoms. The van der Waals surface area contributed by atoms with Gasteiger partial charge in [0.15, 0.2) is 0 Å². The fourth-order valence-corrected chi connectivity index (χ4v) is 2.65. The minimum absolute atomic E-state index is 0.665. The minimum atomic E-state index is 0.665. The summed E-state index contributed by atoms with van der Waals surface area (Å²) >= 11 is 0. The SMILES string of the molecule is CCNC(CC)CCCc1ccnc2ccccc12. The number of aromatic nitrogens is 1. The quantitative estimate of drug-likeness (QED) is 0.811. The van der Waals surface area contributed by atoms with Gasteiger partial charge >= 0.3 is 0 Å². The van der Waals surface area contributed by atoms with E-state index in [4.69, 9.17) is 0 Å². The summed E-state index contributed by atoms with van der Waals surface area (Å²) in [6.07, 6.45) is 6.77. The Morgan fingerprint density at radius 2 is 2.00 bits per heavy atom. The minimum Gasteiger partial charge on any atom is -0.314 e. The molecule has 1 atom stereocenters. The lowest BCUT2D eigenvalue weighted by molar-refractivity contribution is 0.467. The second kappa shape index (κ2) is 7.25. The number of nitrogens with zero attached hydrogens (tertiary/aromatic N) is 1. The number of hydrogen-bond donors (Lipinski definition) is 1. The lowest BCUT2D eigenvalue weighted by atomic mass is 10.0. The van der Waals surface area contributed by atoms with Crippen LogP contribution in [0.3, 0.4) is 0 Å². The molecule has 0 aliphatic rings. The van der Waals surface area contributed by atoms with Crippen LogP contribution < -0.4 is 5.32 Å². The first-order chi connectivity index (χ1) is 9.35. The van der Waals surface area contributed by atoms with Crippen LogP contribution >= 0.6 is 0 Å². The van der Waals surface area contributed by atoms with Crippen LogP contribution in [0.5, 0.6) is 0 Å². The van der Waals surface area contributed by atoms with Gasteiger partial charge < -0.3 is 5.32 Å². The molecule has 1 N–H and O–H groups in total. The van der Waals surface area contributed by atoms with Crippen LogP contribution in [0.2, 0.25) is 0 Å². The first-order valence-electron chi connectivity index (χ1n) is 7.41. The molecule has 1 unspecified atom stereocenters. The van der Waals surface area contributed by atoms with E-state index in [-0.39, 0.29) is 0 Å². The smallest absolute Gasteiger partial charge is 0.0704 e. The van der Waals surface area contributed by atoms with Crippen LogP contribution in [0.15, 0.2) is 36.5 Å². The number of hydrogen-bond acceptors (Lipinski definition) is 2. The summed E-state index contributed by atoms with van der Waals surface area (Å²) in [6, 6.07) is 11.2. The van der Waals surface area contributed by atoms with Gasteiger partial charge in [0, 0.05) is 17.6 Å². The number of benzene rings is 1. The van der Waals surface area contributed by atoms with Gasteiger partial charge in [-0.15, -0.1) is 0 Å². The molecule has 0 aliphatic heterocycles. The van der Waals surface area contributed by atoms with E-state index in [9.17, 15) is 0 Å². The topological polar surface area (TPSA) is 24.9 Å².